The number of aryl methyl sites for hydroxylation is 1. The molecular formula is C27H24BrCl2N3O4. The molecule has 4 rings (SSSR count). The first kappa shape index (κ1) is 27.0. The Labute approximate surface area is 233 Å². The maximum Gasteiger partial charge on any atom is 0.312 e. The van der Waals surface area contributed by atoms with Gasteiger partial charge in [-0.1, -0.05) is 62.9 Å². The summed E-state index contributed by atoms with van der Waals surface area (Å²) in [7, 11) is 1.53. The molecule has 7 nitrogen and oxygen atoms in total. The number of benzene rings is 3. The molecule has 3 aromatic carbocycles. The number of carbonyl (C=O) groups is 3. The molecule has 0 aromatic heterocycles. The zero-order valence-electron chi connectivity index (χ0n) is 20.2. The second-order valence-corrected chi connectivity index (χ2v) is 10.5. The fourth-order valence-electron chi connectivity index (χ4n) is 3.94. The van der Waals surface area contributed by atoms with E-state index in [0.29, 0.717) is 33.7 Å². The predicted octanol–water partition coefficient (Wildman–Crippen LogP) is 5.69. The number of halogens is 3. The number of hydrogen-bond acceptors (Lipinski definition) is 4. The Morgan fingerprint density at radius 2 is 1.68 bits per heavy atom. The molecule has 1 aliphatic rings. The molecule has 1 aliphatic heterocycles. The third kappa shape index (κ3) is 6.63. The van der Waals surface area contributed by atoms with E-state index in [4.69, 9.17) is 27.9 Å². The van der Waals surface area contributed by atoms with Crippen LogP contribution in [0.5, 0.6) is 11.5 Å². The topological polar surface area (TPSA) is 70.2 Å². The van der Waals surface area contributed by atoms with Gasteiger partial charge in [-0.3, -0.25) is 14.4 Å². The number of piperazine rings is 1. The molecule has 1 saturated heterocycles. The summed E-state index contributed by atoms with van der Waals surface area (Å²) in [6.07, 6.45) is 0. The molecule has 0 N–H and O–H groups in total. The summed E-state index contributed by atoms with van der Waals surface area (Å²) in [5.41, 5.74) is 2.53. The lowest BCUT2D eigenvalue weighted by molar-refractivity contribution is -0.152. The zero-order valence-corrected chi connectivity index (χ0v) is 23.3. The van der Waals surface area contributed by atoms with E-state index in [9.17, 15) is 14.4 Å². The lowest BCUT2D eigenvalue weighted by atomic mass is 10.1. The van der Waals surface area contributed by atoms with Crippen molar-refractivity contribution in [3.8, 4) is 11.5 Å². The van der Waals surface area contributed by atoms with Gasteiger partial charge in [-0.25, -0.2) is 0 Å². The predicted molar refractivity (Wildman–Crippen MR) is 147 cm³/mol. The molecule has 0 saturated carbocycles. The van der Waals surface area contributed by atoms with Crippen LogP contribution in [0, 0.1) is 6.92 Å². The van der Waals surface area contributed by atoms with Gasteiger partial charge in [0.2, 0.25) is 5.91 Å². The third-order valence-electron chi connectivity index (χ3n) is 5.88. The Balaban J connectivity index is 1.43. The van der Waals surface area contributed by atoms with E-state index in [-0.39, 0.29) is 25.5 Å². The lowest BCUT2D eigenvalue weighted by Crippen LogP contribution is -2.55. The minimum atomic E-state index is -0.722. The fraction of sp³-hybridized carbons (Fsp3) is 0.222. The number of anilines is 1. The number of carbonyl (C=O) groups excluding carboxylic acids is 3. The summed E-state index contributed by atoms with van der Waals surface area (Å²) in [6, 6.07) is 17.8. The van der Waals surface area contributed by atoms with Gasteiger partial charge in [-0.2, -0.15) is 0 Å². The minimum absolute atomic E-state index is 0.110. The van der Waals surface area contributed by atoms with Crippen LogP contribution in [0.15, 0.2) is 65.1 Å². The van der Waals surface area contributed by atoms with E-state index in [1.54, 1.807) is 35.2 Å². The van der Waals surface area contributed by atoms with Gasteiger partial charge in [0.05, 0.1) is 0 Å². The van der Waals surface area contributed by atoms with Crippen molar-refractivity contribution in [1.82, 2.24) is 9.80 Å². The summed E-state index contributed by atoms with van der Waals surface area (Å²) < 4.78 is 6.77. The van der Waals surface area contributed by atoms with E-state index < -0.39 is 11.8 Å². The zero-order chi connectivity index (χ0) is 26.7. The molecule has 0 radical (unpaired) electrons. The average molecular weight is 605 g/mol. The van der Waals surface area contributed by atoms with Crippen LogP contribution >= 0.6 is 39.1 Å². The number of rotatable bonds is 5. The standard InChI is InChI=1S/C27H24BrCl2N3O4/c1-17-3-7-22(8-4-17)33-10-9-32(16-25(33)34)27(36)26(35)31(2)15-18-5-6-19(28)11-24(18)37-23-13-20(29)12-21(30)14-23/h3-8,11-14H,9-10,15-16H2,1-2H3. The van der Waals surface area contributed by atoms with Crippen molar-refractivity contribution >= 4 is 62.5 Å². The van der Waals surface area contributed by atoms with Gasteiger partial charge in [-0.05, 0) is 49.4 Å². The third-order valence-corrected chi connectivity index (χ3v) is 6.81. The molecule has 37 heavy (non-hydrogen) atoms. The highest BCUT2D eigenvalue weighted by Gasteiger charge is 2.32. The van der Waals surface area contributed by atoms with E-state index >= 15 is 0 Å². The van der Waals surface area contributed by atoms with Gasteiger partial charge in [0, 0.05) is 52.5 Å². The van der Waals surface area contributed by atoms with Crippen LogP contribution in [-0.2, 0) is 20.9 Å². The van der Waals surface area contributed by atoms with Crippen molar-refractivity contribution in [2.45, 2.75) is 13.5 Å². The Bertz CT molecular complexity index is 1330. The first-order valence-corrected chi connectivity index (χ1v) is 13.0. The van der Waals surface area contributed by atoms with Crippen LogP contribution < -0.4 is 9.64 Å². The smallest absolute Gasteiger partial charge is 0.312 e. The normalized spacial score (nSPS) is 13.5. The van der Waals surface area contributed by atoms with Gasteiger partial charge < -0.3 is 19.4 Å². The van der Waals surface area contributed by atoms with E-state index in [2.05, 4.69) is 15.9 Å². The monoisotopic (exact) mass is 603 g/mol. The maximum absolute atomic E-state index is 13.0. The van der Waals surface area contributed by atoms with Crippen molar-refractivity contribution < 1.29 is 19.1 Å². The molecular weight excluding hydrogens is 581 g/mol. The molecule has 192 valence electrons. The molecule has 0 bridgehead atoms. The largest absolute Gasteiger partial charge is 0.457 e. The molecule has 3 amide bonds. The van der Waals surface area contributed by atoms with Gasteiger partial charge in [-0.15, -0.1) is 0 Å². The summed E-state index contributed by atoms with van der Waals surface area (Å²) in [5.74, 6) is -0.756. The number of ether oxygens (including phenoxy) is 1. The van der Waals surface area contributed by atoms with Crippen molar-refractivity contribution in [1.29, 1.82) is 0 Å². The van der Waals surface area contributed by atoms with Crippen LogP contribution in [0.4, 0.5) is 5.69 Å². The Kier molecular flexibility index (Phi) is 8.42. The number of nitrogens with zero attached hydrogens (tertiary/aromatic N) is 3. The van der Waals surface area contributed by atoms with Crippen LogP contribution in [0.2, 0.25) is 10.0 Å². The fourth-order valence-corrected chi connectivity index (χ4v) is 4.78. The summed E-state index contributed by atoms with van der Waals surface area (Å²) >= 11 is 15.6. The first-order valence-electron chi connectivity index (χ1n) is 11.4. The highest BCUT2D eigenvalue weighted by Crippen LogP contribution is 2.32. The minimum Gasteiger partial charge on any atom is -0.457 e. The number of amides is 3. The second-order valence-electron chi connectivity index (χ2n) is 8.73. The van der Waals surface area contributed by atoms with Crippen LogP contribution in [0.25, 0.3) is 0 Å². The van der Waals surface area contributed by atoms with Crippen molar-refractivity contribution in [3.05, 3.63) is 86.3 Å². The summed E-state index contributed by atoms with van der Waals surface area (Å²) in [5, 5.41) is 0.850. The Morgan fingerprint density at radius 3 is 2.32 bits per heavy atom. The SMILES string of the molecule is Cc1ccc(N2CCN(C(=O)C(=O)N(C)Cc3ccc(Br)cc3Oc3cc(Cl)cc(Cl)c3)CC2=O)cc1. The van der Waals surface area contributed by atoms with Gasteiger partial charge >= 0.3 is 11.8 Å². The van der Waals surface area contributed by atoms with Gasteiger partial charge in [0.1, 0.15) is 18.0 Å². The molecule has 10 heteroatoms. The molecule has 0 atom stereocenters. The maximum atomic E-state index is 13.0. The van der Waals surface area contributed by atoms with Crippen LogP contribution in [-0.4, -0.2) is 54.2 Å². The molecule has 0 aliphatic carbocycles. The second kappa shape index (κ2) is 11.5. The average Bonchev–Trinajstić information content (AvgIpc) is 2.84. The Morgan fingerprint density at radius 1 is 1.00 bits per heavy atom. The number of hydrogen-bond donors (Lipinski definition) is 0. The van der Waals surface area contributed by atoms with E-state index in [1.165, 1.54) is 16.8 Å². The Hall–Kier alpha value is -3.07. The number of likely N-dealkylation sites (N-methyl/N-ethyl adjacent to an activating group) is 1. The summed E-state index contributed by atoms with van der Waals surface area (Å²) in [4.78, 5) is 42.9. The summed E-state index contributed by atoms with van der Waals surface area (Å²) in [6.45, 7) is 2.51. The van der Waals surface area contributed by atoms with E-state index in [1.807, 2.05) is 37.3 Å². The molecule has 0 spiro atoms. The van der Waals surface area contributed by atoms with Crippen molar-refractivity contribution in [2.24, 2.45) is 0 Å². The lowest BCUT2D eigenvalue weighted by Gasteiger charge is -2.34. The molecule has 0 unspecified atom stereocenters. The van der Waals surface area contributed by atoms with Crippen molar-refractivity contribution in [2.75, 3.05) is 31.6 Å². The molecule has 1 fully saturated rings. The highest BCUT2D eigenvalue weighted by molar-refractivity contribution is 9.10. The van der Waals surface area contributed by atoms with Crippen LogP contribution in [0.3, 0.4) is 0 Å². The first-order chi connectivity index (χ1) is 17.6. The van der Waals surface area contributed by atoms with Gasteiger partial charge in [0.25, 0.3) is 0 Å². The highest BCUT2D eigenvalue weighted by atomic mass is 79.9. The van der Waals surface area contributed by atoms with Gasteiger partial charge in [0.15, 0.2) is 0 Å². The van der Waals surface area contributed by atoms with E-state index in [0.717, 1.165) is 15.7 Å². The van der Waals surface area contributed by atoms with Crippen LogP contribution in [0.1, 0.15) is 11.1 Å². The quantitative estimate of drug-likeness (QED) is 0.351. The molecule has 1 heterocycles. The van der Waals surface area contributed by atoms with Crippen molar-refractivity contribution in [3.63, 3.8) is 0 Å². The molecule has 3 aromatic rings.